The van der Waals surface area contributed by atoms with Gasteiger partial charge in [0, 0.05) is 19.7 Å². The highest BCUT2D eigenvalue weighted by Crippen LogP contribution is 2.22. The lowest BCUT2D eigenvalue weighted by molar-refractivity contribution is 0.212. The number of hydrogen-bond donors (Lipinski definition) is 0. The minimum Gasteiger partial charge on any atom is -0.306 e. The van der Waals surface area contributed by atoms with E-state index >= 15 is 0 Å². The first-order chi connectivity index (χ1) is 13.7. The molecule has 1 fully saturated rings. The maximum absolute atomic E-state index is 4.69. The van der Waals surface area contributed by atoms with Gasteiger partial charge in [-0.05, 0) is 38.5 Å². The first-order valence-electron chi connectivity index (χ1n) is 9.43. The monoisotopic (exact) mass is 378 g/mol. The highest BCUT2D eigenvalue weighted by atomic mass is 15.5. The third kappa shape index (κ3) is 3.15. The van der Waals surface area contributed by atoms with E-state index in [9.17, 15) is 0 Å². The van der Waals surface area contributed by atoms with E-state index in [-0.39, 0.29) is 0 Å². The summed E-state index contributed by atoms with van der Waals surface area (Å²) in [6.45, 7) is 2.23. The standard InChI is InChI=1S/C18H22N10/c1-25-5-3-14(4-6-25)27-11-13(8-21-27)7-17-19-10-16-18(22-17)28(24-23-16)15-9-20-26(2)12-15/h8-12,14H,3-7H2,1-2H3. The number of aryl methyl sites for hydroxylation is 1. The molecule has 0 bridgehead atoms. The summed E-state index contributed by atoms with van der Waals surface area (Å²) in [5.41, 5.74) is 3.28. The van der Waals surface area contributed by atoms with Gasteiger partial charge in [-0.25, -0.2) is 9.97 Å². The molecule has 0 aromatic carbocycles. The third-order valence-electron chi connectivity index (χ3n) is 5.26. The zero-order valence-corrected chi connectivity index (χ0v) is 16.0. The van der Waals surface area contributed by atoms with Crippen LogP contribution in [0.25, 0.3) is 16.9 Å². The topological polar surface area (TPSA) is 95.4 Å². The molecule has 1 aliphatic heterocycles. The number of rotatable bonds is 4. The Bertz CT molecular complexity index is 1100. The van der Waals surface area contributed by atoms with E-state index in [4.69, 9.17) is 4.98 Å². The van der Waals surface area contributed by atoms with Crippen molar-refractivity contribution in [3.63, 3.8) is 0 Å². The van der Waals surface area contributed by atoms with E-state index in [1.54, 1.807) is 21.8 Å². The van der Waals surface area contributed by atoms with Gasteiger partial charge in [0.1, 0.15) is 11.5 Å². The second-order valence-electron chi connectivity index (χ2n) is 7.41. The Morgan fingerprint density at radius 2 is 1.89 bits per heavy atom. The van der Waals surface area contributed by atoms with Crippen molar-refractivity contribution in [3.8, 4) is 5.69 Å². The van der Waals surface area contributed by atoms with Crippen molar-refractivity contribution >= 4 is 11.2 Å². The number of piperidine rings is 1. The molecule has 0 amide bonds. The van der Waals surface area contributed by atoms with Crippen molar-refractivity contribution in [1.82, 2.24) is 49.4 Å². The van der Waals surface area contributed by atoms with E-state index in [1.807, 2.05) is 19.4 Å². The van der Waals surface area contributed by atoms with Gasteiger partial charge < -0.3 is 4.90 Å². The number of nitrogens with zero attached hydrogens (tertiary/aromatic N) is 10. The van der Waals surface area contributed by atoms with E-state index in [0.717, 1.165) is 43.0 Å². The molecule has 10 heteroatoms. The van der Waals surface area contributed by atoms with Gasteiger partial charge in [0.15, 0.2) is 11.2 Å². The van der Waals surface area contributed by atoms with Crippen LogP contribution in [0.3, 0.4) is 0 Å². The molecule has 1 aliphatic rings. The summed E-state index contributed by atoms with van der Waals surface area (Å²) in [5, 5.41) is 17.1. The maximum Gasteiger partial charge on any atom is 0.187 e. The van der Waals surface area contributed by atoms with Gasteiger partial charge in [-0.3, -0.25) is 9.36 Å². The highest BCUT2D eigenvalue weighted by Gasteiger charge is 2.19. The van der Waals surface area contributed by atoms with Gasteiger partial charge in [0.2, 0.25) is 0 Å². The zero-order chi connectivity index (χ0) is 19.1. The molecule has 0 atom stereocenters. The minimum atomic E-state index is 0.476. The summed E-state index contributed by atoms with van der Waals surface area (Å²) < 4.78 is 5.51. The van der Waals surface area contributed by atoms with Crippen LogP contribution in [0.15, 0.2) is 31.0 Å². The summed E-state index contributed by atoms with van der Waals surface area (Å²) in [6.07, 6.45) is 12.3. The molecule has 4 aromatic heterocycles. The number of aromatic nitrogens is 9. The van der Waals surface area contributed by atoms with Gasteiger partial charge in [0.05, 0.1) is 30.8 Å². The molecular weight excluding hydrogens is 356 g/mol. The molecule has 5 rings (SSSR count). The molecule has 1 saturated heterocycles. The molecule has 5 heterocycles. The SMILES string of the molecule is CN1CCC(n2cc(Cc3ncc4nnn(-c5cnn(C)c5)c4n3)cn2)CC1. The molecule has 0 spiro atoms. The van der Waals surface area contributed by atoms with Crippen LogP contribution in [0.1, 0.15) is 30.3 Å². The summed E-state index contributed by atoms with van der Waals surface area (Å²) in [5.74, 6) is 0.725. The molecule has 10 nitrogen and oxygen atoms in total. The second-order valence-corrected chi connectivity index (χ2v) is 7.41. The Balaban J connectivity index is 1.38. The van der Waals surface area contributed by atoms with E-state index in [0.29, 0.717) is 23.6 Å². The van der Waals surface area contributed by atoms with Gasteiger partial charge in [-0.15, -0.1) is 5.10 Å². The Morgan fingerprint density at radius 3 is 2.68 bits per heavy atom. The molecule has 0 unspecified atom stereocenters. The normalized spacial score (nSPS) is 16.2. The number of hydrogen-bond acceptors (Lipinski definition) is 7. The fourth-order valence-electron chi connectivity index (χ4n) is 3.65. The van der Waals surface area contributed by atoms with Crippen molar-refractivity contribution in [1.29, 1.82) is 0 Å². The molecule has 0 N–H and O–H groups in total. The molecule has 0 radical (unpaired) electrons. The van der Waals surface area contributed by atoms with Crippen molar-refractivity contribution in [2.75, 3.05) is 20.1 Å². The maximum atomic E-state index is 4.69. The smallest absolute Gasteiger partial charge is 0.187 e. The average molecular weight is 378 g/mol. The van der Waals surface area contributed by atoms with Crippen LogP contribution < -0.4 is 0 Å². The summed E-state index contributed by atoms with van der Waals surface area (Å²) in [7, 11) is 4.04. The average Bonchev–Trinajstić information content (AvgIpc) is 3.42. The first-order valence-corrected chi connectivity index (χ1v) is 9.43. The van der Waals surface area contributed by atoms with Crippen LogP contribution in [-0.4, -0.2) is 69.6 Å². The Labute approximate surface area is 161 Å². The zero-order valence-electron chi connectivity index (χ0n) is 16.0. The van der Waals surface area contributed by atoms with Crippen molar-refractivity contribution in [2.45, 2.75) is 25.3 Å². The van der Waals surface area contributed by atoms with Crippen molar-refractivity contribution in [2.24, 2.45) is 7.05 Å². The summed E-state index contributed by atoms with van der Waals surface area (Å²) in [4.78, 5) is 11.5. The molecule has 28 heavy (non-hydrogen) atoms. The molecule has 0 saturated carbocycles. The van der Waals surface area contributed by atoms with E-state index in [1.165, 1.54) is 0 Å². The highest BCUT2D eigenvalue weighted by molar-refractivity contribution is 5.70. The van der Waals surface area contributed by atoms with Gasteiger partial charge >= 0.3 is 0 Å². The fraction of sp³-hybridized carbons (Fsp3) is 0.444. The first kappa shape index (κ1) is 17.0. The number of fused-ring (bicyclic) bond motifs is 1. The van der Waals surface area contributed by atoms with Gasteiger partial charge in [-0.1, -0.05) is 5.21 Å². The molecule has 0 aliphatic carbocycles. The lowest BCUT2D eigenvalue weighted by Gasteiger charge is -2.28. The summed E-state index contributed by atoms with van der Waals surface area (Å²) >= 11 is 0. The predicted molar refractivity (Wildman–Crippen MR) is 102 cm³/mol. The summed E-state index contributed by atoms with van der Waals surface area (Å²) in [6, 6.07) is 0.476. The lowest BCUT2D eigenvalue weighted by atomic mass is 10.1. The van der Waals surface area contributed by atoms with Gasteiger partial charge in [-0.2, -0.15) is 14.9 Å². The molecule has 144 valence electrons. The van der Waals surface area contributed by atoms with Crippen molar-refractivity contribution in [3.05, 3.63) is 42.4 Å². The van der Waals surface area contributed by atoms with E-state index in [2.05, 4.69) is 48.3 Å². The Kier molecular flexibility index (Phi) is 4.12. The molecule has 4 aromatic rings. The van der Waals surface area contributed by atoms with Crippen molar-refractivity contribution < 1.29 is 0 Å². The van der Waals surface area contributed by atoms with E-state index < -0.39 is 0 Å². The fourth-order valence-corrected chi connectivity index (χ4v) is 3.65. The van der Waals surface area contributed by atoms with Crippen LogP contribution in [0.4, 0.5) is 0 Å². The minimum absolute atomic E-state index is 0.476. The van der Waals surface area contributed by atoms with Crippen LogP contribution in [0.5, 0.6) is 0 Å². The quantitative estimate of drug-likeness (QED) is 0.523. The Morgan fingerprint density at radius 1 is 1.04 bits per heavy atom. The van der Waals surface area contributed by atoms with Crippen LogP contribution in [0, 0.1) is 0 Å². The Hall–Kier alpha value is -3.14. The lowest BCUT2D eigenvalue weighted by Crippen LogP contribution is -2.31. The van der Waals surface area contributed by atoms with Crippen LogP contribution in [0.2, 0.25) is 0 Å². The predicted octanol–water partition coefficient (Wildman–Crippen LogP) is 0.998. The molecular formula is C18H22N10. The largest absolute Gasteiger partial charge is 0.306 e. The van der Waals surface area contributed by atoms with Crippen LogP contribution >= 0.6 is 0 Å². The second kappa shape index (κ2) is 6.79. The van der Waals surface area contributed by atoms with Crippen LogP contribution in [-0.2, 0) is 13.5 Å². The van der Waals surface area contributed by atoms with Gasteiger partial charge in [0.25, 0.3) is 0 Å². The number of likely N-dealkylation sites (tertiary alicyclic amines) is 1. The third-order valence-corrected chi connectivity index (χ3v) is 5.26.